The summed E-state index contributed by atoms with van der Waals surface area (Å²) in [7, 11) is 0. The maximum Gasteiger partial charge on any atom is 0.326 e. The lowest BCUT2D eigenvalue weighted by Gasteiger charge is -2.13. The largest absolute Gasteiger partial charge is 0.480 e. The van der Waals surface area contributed by atoms with Crippen molar-refractivity contribution in [3.63, 3.8) is 0 Å². The number of carboxylic acids is 1. The van der Waals surface area contributed by atoms with Crippen LogP contribution in [0.5, 0.6) is 0 Å². The molecule has 2 amide bonds. The Morgan fingerprint density at radius 1 is 1.23 bits per heavy atom. The van der Waals surface area contributed by atoms with Gasteiger partial charge < -0.3 is 15.7 Å². The average Bonchev–Trinajstić information content (AvgIpc) is 3.19. The molecule has 4 rings (SSSR count). The van der Waals surface area contributed by atoms with Gasteiger partial charge in [0.25, 0.3) is 5.91 Å². The smallest absolute Gasteiger partial charge is 0.326 e. The number of fused-ring (bicyclic) bond motifs is 1. The van der Waals surface area contributed by atoms with E-state index in [4.69, 9.17) is 0 Å². The average molecular weight is 420 g/mol. The number of aliphatic carboxylic acids is 1. The van der Waals surface area contributed by atoms with Crippen LogP contribution >= 0.6 is 0 Å². The Labute approximate surface area is 177 Å². The molecule has 0 fully saturated rings. The van der Waals surface area contributed by atoms with Gasteiger partial charge in [-0.3, -0.25) is 14.3 Å². The second-order valence-corrected chi connectivity index (χ2v) is 7.15. The van der Waals surface area contributed by atoms with E-state index in [0.29, 0.717) is 36.0 Å². The molecule has 1 aliphatic heterocycles. The molecule has 10 heteroatoms. The van der Waals surface area contributed by atoms with Gasteiger partial charge in [-0.05, 0) is 17.7 Å². The monoisotopic (exact) mass is 420 g/mol. The number of amides is 2. The fourth-order valence-electron chi connectivity index (χ4n) is 3.37. The summed E-state index contributed by atoms with van der Waals surface area (Å²) in [5.74, 6) is -1.16. The highest BCUT2D eigenvalue weighted by Crippen LogP contribution is 2.22. The van der Waals surface area contributed by atoms with Crippen molar-refractivity contribution in [2.45, 2.75) is 25.9 Å². The van der Waals surface area contributed by atoms with Crippen molar-refractivity contribution in [1.29, 1.82) is 0 Å². The predicted octanol–water partition coefficient (Wildman–Crippen LogP) is 0.882. The zero-order chi connectivity index (χ0) is 22.0. The van der Waals surface area contributed by atoms with E-state index in [-0.39, 0.29) is 12.3 Å². The molecule has 0 saturated heterocycles. The molecule has 1 aliphatic rings. The van der Waals surface area contributed by atoms with Crippen LogP contribution in [0.2, 0.25) is 0 Å². The minimum atomic E-state index is -1.09. The van der Waals surface area contributed by atoms with Crippen LogP contribution in [0.15, 0.2) is 42.6 Å². The van der Waals surface area contributed by atoms with Crippen LogP contribution in [-0.4, -0.2) is 55.2 Å². The Bertz CT molecular complexity index is 1150. The summed E-state index contributed by atoms with van der Waals surface area (Å²) in [6.45, 7) is 2.43. The van der Waals surface area contributed by atoms with Gasteiger partial charge in [-0.25, -0.2) is 14.8 Å². The topological polar surface area (TPSA) is 139 Å². The summed E-state index contributed by atoms with van der Waals surface area (Å²) in [5.41, 5.74) is 3.19. The van der Waals surface area contributed by atoms with E-state index in [1.165, 1.54) is 6.92 Å². The van der Waals surface area contributed by atoms with E-state index in [1.54, 1.807) is 47.3 Å². The van der Waals surface area contributed by atoms with Gasteiger partial charge in [0, 0.05) is 31.6 Å². The molecule has 2 aromatic heterocycles. The molecule has 3 N–H and O–H groups in total. The minimum absolute atomic E-state index is 0.159. The Hall–Kier alpha value is -4.08. The van der Waals surface area contributed by atoms with Gasteiger partial charge >= 0.3 is 5.97 Å². The van der Waals surface area contributed by atoms with E-state index in [1.807, 2.05) is 0 Å². The number of rotatable bonds is 6. The molecule has 0 spiro atoms. The molecule has 0 unspecified atom stereocenters. The fourth-order valence-corrected chi connectivity index (χ4v) is 3.37. The first-order valence-corrected chi connectivity index (χ1v) is 9.69. The SMILES string of the molecule is CC(=O)N[C@@H](Cc1ccc(-c2nccc(-c3cc4n(n3)CCNC4=O)n2)cc1)C(=O)O. The molecule has 1 aromatic carbocycles. The number of carboxylic acid groups (broad SMARTS) is 1. The van der Waals surface area contributed by atoms with Gasteiger partial charge in [0.15, 0.2) is 5.82 Å². The van der Waals surface area contributed by atoms with Crippen LogP contribution in [0.25, 0.3) is 22.8 Å². The van der Waals surface area contributed by atoms with Crippen molar-refractivity contribution < 1.29 is 19.5 Å². The second-order valence-electron chi connectivity index (χ2n) is 7.15. The number of carbonyl (C=O) groups is 3. The zero-order valence-electron chi connectivity index (χ0n) is 16.7. The minimum Gasteiger partial charge on any atom is -0.480 e. The van der Waals surface area contributed by atoms with Gasteiger partial charge in [-0.2, -0.15) is 5.10 Å². The van der Waals surface area contributed by atoms with E-state index in [2.05, 4.69) is 25.7 Å². The normalized spacial score (nSPS) is 13.8. The van der Waals surface area contributed by atoms with Crippen molar-refractivity contribution in [1.82, 2.24) is 30.4 Å². The first-order valence-electron chi connectivity index (χ1n) is 9.69. The van der Waals surface area contributed by atoms with Crippen molar-refractivity contribution in [2.75, 3.05) is 6.54 Å². The van der Waals surface area contributed by atoms with Crippen LogP contribution in [0.4, 0.5) is 0 Å². The summed E-state index contributed by atoms with van der Waals surface area (Å²) in [4.78, 5) is 43.4. The van der Waals surface area contributed by atoms with Crippen LogP contribution in [0.3, 0.4) is 0 Å². The van der Waals surface area contributed by atoms with E-state index >= 15 is 0 Å². The van der Waals surface area contributed by atoms with E-state index in [0.717, 1.165) is 11.1 Å². The lowest BCUT2D eigenvalue weighted by molar-refractivity contribution is -0.141. The first-order chi connectivity index (χ1) is 14.9. The summed E-state index contributed by atoms with van der Waals surface area (Å²) >= 11 is 0. The van der Waals surface area contributed by atoms with Gasteiger partial charge in [0.2, 0.25) is 5.91 Å². The van der Waals surface area contributed by atoms with Gasteiger partial charge in [-0.1, -0.05) is 24.3 Å². The molecule has 10 nitrogen and oxygen atoms in total. The molecule has 0 saturated carbocycles. The molecular formula is C21H20N6O4. The number of hydrogen-bond donors (Lipinski definition) is 3. The maximum atomic E-state index is 12.0. The number of nitrogens with one attached hydrogen (secondary N) is 2. The predicted molar refractivity (Wildman–Crippen MR) is 110 cm³/mol. The third kappa shape index (κ3) is 4.42. The number of benzene rings is 1. The highest BCUT2D eigenvalue weighted by atomic mass is 16.4. The Kier molecular flexibility index (Phi) is 5.44. The molecule has 0 radical (unpaired) electrons. The first kappa shape index (κ1) is 20.2. The summed E-state index contributed by atoms with van der Waals surface area (Å²) in [6, 6.07) is 9.60. The van der Waals surface area contributed by atoms with Gasteiger partial charge in [-0.15, -0.1) is 0 Å². The highest BCUT2D eigenvalue weighted by Gasteiger charge is 2.21. The molecule has 158 valence electrons. The molecule has 1 atom stereocenters. The number of carbonyl (C=O) groups excluding carboxylic acids is 2. The van der Waals surface area contributed by atoms with Gasteiger partial charge in [0.05, 0.1) is 12.2 Å². The van der Waals surface area contributed by atoms with Crippen LogP contribution in [0, 0.1) is 0 Å². The maximum absolute atomic E-state index is 12.0. The Morgan fingerprint density at radius 2 is 2.00 bits per heavy atom. The fraction of sp³-hybridized carbons (Fsp3) is 0.238. The van der Waals surface area contributed by atoms with Gasteiger partial charge in [0.1, 0.15) is 17.4 Å². The van der Waals surface area contributed by atoms with Crippen molar-refractivity contribution in [2.24, 2.45) is 0 Å². The standard InChI is InChI=1S/C21H20N6O4/c1-12(28)24-17(21(30)31)10-13-2-4-14(5-3-13)19-22-7-6-15(25-19)16-11-18-20(29)23-8-9-27(18)26-16/h2-7,11,17H,8-10H2,1H3,(H,23,29)(H,24,28)(H,30,31)/t17-/m0/s1. The molecule has 0 bridgehead atoms. The van der Waals surface area contributed by atoms with Crippen LogP contribution in [-0.2, 0) is 22.6 Å². The van der Waals surface area contributed by atoms with E-state index < -0.39 is 17.9 Å². The summed E-state index contributed by atoms with van der Waals surface area (Å²) in [5, 5.41) is 18.9. The molecule has 3 heterocycles. The quantitative estimate of drug-likeness (QED) is 0.538. The third-order valence-electron chi connectivity index (χ3n) is 4.87. The van der Waals surface area contributed by atoms with Crippen molar-refractivity contribution in [3.05, 3.63) is 53.9 Å². The number of aromatic nitrogens is 4. The number of nitrogens with zero attached hydrogens (tertiary/aromatic N) is 4. The summed E-state index contributed by atoms with van der Waals surface area (Å²) in [6.07, 6.45) is 1.79. The lowest BCUT2D eigenvalue weighted by atomic mass is 10.0. The second kappa shape index (κ2) is 8.34. The number of hydrogen-bond acceptors (Lipinski definition) is 6. The van der Waals surface area contributed by atoms with Crippen LogP contribution in [0.1, 0.15) is 23.0 Å². The molecule has 31 heavy (non-hydrogen) atoms. The lowest BCUT2D eigenvalue weighted by Crippen LogP contribution is -2.41. The Balaban J connectivity index is 1.55. The zero-order valence-corrected chi connectivity index (χ0v) is 16.7. The highest BCUT2D eigenvalue weighted by molar-refractivity contribution is 5.94. The molecular weight excluding hydrogens is 400 g/mol. The molecule has 3 aromatic rings. The Morgan fingerprint density at radius 3 is 2.68 bits per heavy atom. The van der Waals surface area contributed by atoms with Crippen molar-refractivity contribution in [3.8, 4) is 22.8 Å². The summed E-state index contributed by atoms with van der Waals surface area (Å²) < 4.78 is 1.67. The van der Waals surface area contributed by atoms with Crippen LogP contribution < -0.4 is 10.6 Å². The van der Waals surface area contributed by atoms with E-state index in [9.17, 15) is 19.5 Å². The van der Waals surface area contributed by atoms with Crippen molar-refractivity contribution >= 4 is 17.8 Å². The third-order valence-corrected chi connectivity index (χ3v) is 4.87. The molecule has 0 aliphatic carbocycles.